The number of aliphatic hydroxyl groups is 1. The molecular weight excluding hydrogens is 438 g/mol. The molecule has 33 heavy (non-hydrogen) atoms. The fourth-order valence-corrected chi connectivity index (χ4v) is 4.04. The van der Waals surface area contributed by atoms with Crippen molar-refractivity contribution in [3.05, 3.63) is 94.8 Å². The van der Waals surface area contributed by atoms with Crippen LogP contribution in [-0.4, -0.2) is 49.5 Å². The number of aromatic nitrogens is 4. The first-order valence-corrected chi connectivity index (χ1v) is 11.2. The number of hydrogen-bond donors (Lipinski definition) is 2. The Labute approximate surface area is 198 Å². The maximum Gasteiger partial charge on any atom is 0.139 e. The first-order chi connectivity index (χ1) is 16.0. The zero-order chi connectivity index (χ0) is 23.2. The number of benzene rings is 2. The summed E-state index contributed by atoms with van der Waals surface area (Å²) in [6, 6.07) is 17.8. The van der Waals surface area contributed by atoms with Crippen molar-refractivity contribution in [1.82, 2.24) is 24.6 Å². The molecule has 0 saturated heterocycles. The summed E-state index contributed by atoms with van der Waals surface area (Å²) in [5.41, 5.74) is 4.77. The molecular formula is C25H28ClN5O2. The van der Waals surface area contributed by atoms with Crippen molar-refractivity contribution in [2.24, 2.45) is 0 Å². The summed E-state index contributed by atoms with van der Waals surface area (Å²) in [5, 5.41) is 14.9. The van der Waals surface area contributed by atoms with Crippen LogP contribution in [0.1, 0.15) is 22.5 Å². The Bertz CT molecular complexity index is 1140. The van der Waals surface area contributed by atoms with Gasteiger partial charge < -0.3 is 14.8 Å². The van der Waals surface area contributed by atoms with E-state index in [1.54, 1.807) is 17.2 Å². The number of rotatable bonds is 10. The number of aliphatic hydroxyl groups excluding tert-OH is 1. The van der Waals surface area contributed by atoms with Gasteiger partial charge >= 0.3 is 0 Å². The van der Waals surface area contributed by atoms with Gasteiger partial charge in [0.05, 0.1) is 24.3 Å². The van der Waals surface area contributed by atoms with Crippen LogP contribution < -0.4 is 4.74 Å². The summed E-state index contributed by atoms with van der Waals surface area (Å²) in [6.45, 7) is 3.07. The van der Waals surface area contributed by atoms with Crippen LogP contribution in [0.5, 0.6) is 5.75 Å². The van der Waals surface area contributed by atoms with Crippen LogP contribution in [0.25, 0.3) is 5.69 Å². The highest BCUT2D eigenvalue weighted by Crippen LogP contribution is 2.25. The third-order valence-electron chi connectivity index (χ3n) is 5.71. The largest absolute Gasteiger partial charge is 0.489 e. The quantitative estimate of drug-likeness (QED) is 0.367. The van der Waals surface area contributed by atoms with E-state index in [4.69, 9.17) is 16.3 Å². The van der Waals surface area contributed by atoms with Crippen molar-refractivity contribution in [1.29, 1.82) is 0 Å². The number of nitrogens with one attached hydrogen (secondary N) is 1. The maximum atomic E-state index is 9.80. The van der Waals surface area contributed by atoms with Gasteiger partial charge in [-0.25, -0.2) is 9.67 Å². The molecule has 0 amide bonds. The Kier molecular flexibility index (Phi) is 7.44. The van der Waals surface area contributed by atoms with E-state index in [-0.39, 0.29) is 12.6 Å². The number of ether oxygens (including phenoxy) is 1. The van der Waals surface area contributed by atoms with Gasteiger partial charge in [0.25, 0.3) is 0 Å². The summed E-state index contributed by atoms with van der Waals surface area (Å²) in [4.78, 5) is 9.28. The van der Waals surface area contributed by atoms with Gasteiger partial charge in [-0.2, -0.15) is 5.10 Å². The molecule has 172 valence electrons. The molecule has 2 aromatic carbocycles. The van der Waals surface area contributed by atoms with E-state index in [9.17, 15) is 5.11 Å². The molecule has 0 aliphatic carbocycles. The van der Waals surface area contributed by atoms with Gasteiger partial charge in [-0.05, 0) is 43.8 Å². The van der Waals surface area contributed by atoms with Crippen LogP contribution in [0.3, 0.4) is 0 Å². The van der Waals surface area contributed by atoms with Gasteiger partial charge in [-0.15, -0.1) is 0 Å². The van der Waals surface area contributed by atoms with Crippen LogP contribution in [0, 0.1) is 6.92 Å². The normalized spacial score (nSPS) is 12.3. The molecule has 8 heteroatoms. The lowest BCUT2D eigenvalue weighted by Gasteiger charge is -2.26. The number of aromatic amines is 1. The molecule has 1 atom stereocenters. The van der Waals surface area contributed by atoms with Crippen molar-refractivity contribution in [2.75, 3.05) is 13.7 Å². The highest BCUT2D eigenvalue weighted by molar-refractivity contribution is 6.30. The average Bonchev–Trinajstić information content (AvgIpc) is 3.45. The predicted molar refractivity (Wildman–Crippen MR) is 129 cm³/mol. The number of nitrogens with zero attached hydrogens (tertiary/aromatic N) is 4. The molecule has 4 aromatic rings. The van der Waals surface area contributed by atoms with Gasteiger partial charge in [0, 0.05) is 36.5 Å². The van der Waals surface area contributed by atoms with Gasteiger partial charge in [0.15, 0.2) is 0 Å². The van der Waals surface area contributed by atoms with Crippen LogP contribution in [-0.2, 0) is 19.6 Å². The predicted octanol–water partition coefficient (Wildman–Crippen LogP) is 4.17. The number of halogens is 1. The van der Waals surface area contributed by atoms with Gasteiger partial charge in [0.2, 0.25) is 0 Å². The van der Waals surface area contributed by atoms with E-state index in [0.29, 0.717) is 24.7 Å². The van der Waals surface area contributed by atoms with Gasteiger partial charge in [-0.3, -0.25) is 4.90 Å². The van der Waals surface area contributed by atoms with Crippen molar-refractivity contribution in [2.45, 2.75) is 32.5 Å². The second-order valence-electron chi connectivity index (χ2n) is 8.07. The topological polar surface area (TPSA) is 79.2 Å². The fourth-order valence-electron chi connectivity index (χ4n) is 3.71. The first-order valence-electron chi connectivity index (χ1n) is 10.8. The number of para-hydroxylation sites is 1. The third-order valence-corrected chi connectivity index (χ3v) is 6.09. The van der Waals surface area contributed by atoms with Crippen LogP contribution in [0.15, 0.2) is 67.1 Å². The molecule has 2 N–H and O–H groups in total. The summed E-state index contributed by atoms with van der Waals surface area (Å²) >= 11 is 6.60. The molecule has 2 aromatic heterocycles. The lowest BCUT2D eigenvalue weighted by molar-refractivity contribution is 0.140. The van der Waals surface area contributed by atoms with Crippen LogP contribution >= 0.6 is 11.6 Å². The number of hydrogen-bond acceptors (Lipinski definition) is 5. The van der Waals surface area contributed by atoms with E-state index in [1.807, 2.05) is 68.6 Å². The molecule has 7 nitrogen and oxygen atoms in total. The molecule has 0 bridgehead atoms. The standard InChI is InChI=1S/C25H28ClN5O2/c1-18-24(25(26)31(29-18)21-6-4-3-5-7-21)16-33-23-10-8-19(9-11-23)14-30(2)22(15-32)12-20-13-27-17-28-20/h3-11,13,17,22,32H,12,14-16H2,1-2H3,(H,27,28)/t22-/m0/s1. The lowest BCUT2D eigenvalue weighted by atomic mass is 10.1. The van der Waals surface area contributed by atoms with Crippen molar-refractivity contribution < 1.29 is 9.84 Å². The molecule has 4 rings (SSSR count). The molecule has 0 aliphatic heterocycles. The van der Waals surface area contributed by atoms with Gasteiger partial charge in [0.1, 0.15) is 17.5 Å². The minimum absolute atomic E-state index is 0.00708. The first kappa shape index (κ1) is 23.0. The molecule has 0 aliphatic rings. The Morgan fingerprint density at radius 3 is 2.58 bits per heavy atom. The summed E-state index contributed by atoms with van der Waals surface area (Å²) in [6.07, 6.45) is 4.16. The summed E-state index contributed by atoms with van der Waals surface area (Å²) < 4.78 is 7.73. The number of H-pyrrole nitrogens is 1. The Morgan fingerprint density at radius 1 is 1.15 bits per heavy atom. The summed E-state index contributed by atoms with van der Waals surface area (Å²) in [5.74, 6) is 0.764. The Hall–Kier alpha value is -3.13. The monoisotopic (exact) mass is 465 g/mol. The SMILES string of the molecule is Cc1nn(-c2ccccc2)c(Cl)c1COc1ccc(CN(C)[C@H](CO)Cc2cnc[nH]2)cc1. The number of aryl methyl sites for hydroxylation is 1. The highest BCUT2D eigenvalue weighted by Gasteiger charge is 2.17. The van der Waals surface area contributed by atoms with Crippen LogP contribution in [0.2, 0.25) is 5.15 Å². The molecule has 2 heterocycles. The van der Waals surface area contributed by atoms with E-state index in [0.717, 1.165) is 34.0 Å². The number of likely N-dealkylation sites (N-methyl/N-ethyl adjacent to an activating group) is 1. The highest BCUT2D eigenvalue weighted by atomic mass is 35.5. The maximum absolute atomic E-state index is 9.80. The second-order valence-corrected chi connectivity index (χ2v) is 8.43. The molecule has 0 spiro atoms. The number of imidazole rings is 1. The van der Waals surface area contributed by atoms with E-state index in [2.05, 4.69) is 20.0 Å². The van der Waals surface area contributed by atoms with Crippen molar-refractivity contribution >= 4 is 11.6 Å². The second kappa shape index (κ2) is 10.7. The molecule has 0 unspecified atom stereocenters. The smallest absolute Gasteiger partial charge is 0.139 e. The zero-order valence-electron chi connectivity index (χ0n) is 18.8. The van der Waals surface area contributed by atoms with Crippen LogP contribution in [0.4, 0.5) is 0 Å². The zero-order valence-corrected chi connectivity index (χ0v) is 19.5. The minimum Gasteiger partial charge on any atom is -0.489 e. The van der Waals surface area contributed by atoms with Crippen molar-refractivity contribution in [3.8, 4) is 11.4 Å². The van der Waals surface area contributed by atoms with Gasteiger partial charge in [-0.1, -0.05) is 41.9 Å². The van der Waals surface area contributed by atoms with E-state index in [1.165, 1.54) is 0 Å². The minimum atomic E-state index is 0.00708. The fraction of sp³-hybridized carbons (Fsp3) is 0.280. The van der Waals surface area contributed by atoms with E-state index < -0.39 is 0 Å². The van der Waals surface area contributed by atoms with Crippen molar-refractivity contribution in [3.63, 3.8) is 0 Å². The Balaban J connectivity index is 1.36. The van der Waals surface area contributed by atoms with E-state index >= 15 is 0 Å². The average molecular weight is 466 g/mol. The molecule has 0 saturated carbocycles. The molecule has 0 radical (unpaired) electrons. The lowest BCUT2D eigenvalue weighted by Crippen LogP contribution is -2.36. The molecule has 0 fully saturated rings. The summed E-state index contributed by atoms with van der Waals surface area (Å²) in [7, 11) is 2.01. The Morgan fingerprint density at radius 2 is 1.91 bits per heavy atom. The third kappa shape index (κ3) is 5.63.